The normalized spacial score (nSPS) is 9.63. The Kier molecular flexibility index (Phi) is 7.48. The highest BCUT2D eigenvalue weighted by molar-refractivity contribution is 5.83. The van der Waals surface area contributed by atoms with Gasteiger partial charge in [0.2, 0.25) is 0 Å². The van der Waals surface area contributed by atoms with E-state index in [1.54, 1.807) is 48.5 Å². The largest absolute Gasteiger partial charge is 0.494 e. The van der Waals surface area contributed by atoms with Crippen LogP contribution in [-0.2, 0) is 9.59 Å². The van der Waals surface area contributed by atoms with Gasteiger partial charge in [0.1, 0.15) is 23.3 Å². The van der Waals surface area contributed by atoms with Crippen molar-refractivity contribution in [3.8, 4) is 23.3 Å². The lowest BCUT2D eigenvalue weighted by Gasteiger charge is -2.10. The van der Waals surface area contributed by atoms with Gasteiger partial charge in [-0.25, -0.2) is 0 Å². The molecule has 140 valence electrons. The topological polar surface area (TPSA) is 110 Å². The number of carbonyl (C=O) groups is 2. The molecule has 0 aromatic heterocycles. The molecule has 2 rings (SSSR count). The number of hydrazine groups is 1. The van der Waals surface area contributed by atoms with E-state index in [1.165, 1.54) is 0 Å². The molecule has 0 aliphatic carbocycles. The van der Waals surface area contributed by atoms with Gasteiger partial charge in [-0.2, -0.15) is 5.26 Å². The lowest BCUT2D eigenvalue weighted by Crippen LogP contribution is -2.45. The molecule has 0 radical (unpaired) electrons. The number of para-hydroxylation sites is 1. The molecule has 0 heterocycles. The monoisotopic (exact) mass is 369 g/mol. The highest BCUT2D eigenvalue weighted by atomic mass is 16.5. The zero-order valence-corrected chi connectivity index (χ0v) is 14.7. The number of nitrogens with one attached hydrogen (secondary N) is 2. The van der Waals surface area contributed by atoms with Crippen LogP contribution in [0.5, 0.6) is 17.2 Å². The third kappa shape index (κ3) is 6.59. The van der Waals surface area contributed by atoms with E-state index in [9.17, 15) is 9.59 Å². The van der Waals surface area contributed by atoms with Crippen LogP contribution < -0.4 is 25.1 Å². The first kappa shape index (κ1) is 19.6. The van der Waals surface area contributed by atoms with Gasteiger partial charge in [0.05, 0.1) is 12.2 Å². The molecular formula is C19H19N3O5. The molecule has 2 aromatic rings. The van der Waals surface area contributed by atoms with Crippen molar-refractivity contribution in [2.24, 2.45) is 0 Å². The minimum atomic E-state index is -0.572. The van der Waals surface area contributed by atoms with Crippen molar-refractivity contribution in [3.63, 3.8) is 0 Å². The first-order chi connectivity index (χ1) is 13.1. The van der Waals surface area contributed by atoms with Gasteiger partial charge in [0.15, 0.2) is 13.2 Å². The maximum Gasteiger partial charge on any atom is 0.276 e. The first-order valence-corrected chi connectivity index (χ1v) is 8.17. The van der Waals surface area contributed by atoms with Crippen LogP contribution in [0, 0.1) is 11.3 Å². The van der Waals surface area contributed by atoms with Gasteiger partial charge in [0, 0.05) is 0 Å². The molecule has 0 aliphatic rings. The fourth-order valence-corrected chi connectivity index (χ4v) is 1.99. The van der Waals surface area contributed by atoms with Crippen LogP contribution >= 0.6 is 0 Å². The standard InChI is InChI=1S/C19H19N3O5/c1-2-25-15-7-9-16(10-8-15)26-12-18(23)21-22-19(24)13-27-17-6-4-3-5-14(17)11-20/h3-10H,2,12-13H2,1H3,(H,21,23)(H,22,24). The fourth-order valence-electron chi connectivity index (χ4n) is 1.99. The number of hydrogen-bond acceptors (Lipinski definition) is 6. The van der Waals surface area contributed by atoms with Crippen molar-refractivity contribution in [2.75, 3.05) is 19.8 Å². The summed E-state index contributed by atoms with van der Waals surface area (Å²) in [6.07, 6.45) is 0. The molecule has 8 nitrogen and oxygen atoms in total. The number of carbonyl (C=O) groups excluding carboxylic acids is 2. The van der Waals surface area contributed by atoms with Gasteiger partial charge < -0.3 is 14.2 Å². The zero-order valence-electron chi connectivity index (χ0n) is 14.7. The molecule has 27 heavy (non-hydrogen) atoms. The Morgan fingerprint density at radius 3 is 2.04 bits per heavy atom. The van der Waals surface area contributed by atoms with Crippen molar-refractivity contribution >= 4 is 11.8 Å². The minimum absolute atomic E-state index is 0.271. The molecule has 0 bridgehead atoms. The molecule has 0 saturated carbocycles. The quantitative estimate of drug-likeness (QED) is 0.684. The maximum absolute atomic E-state index is 11.7. The van der Waals surface area contributed by atoms with E-state index < -0.39 is 11.8 Å². The van der Waals surface area contributed by atoms with E-state index in [4.69, 9.17) is 19.5 Å². The number of nitriles is 1. The molecule has 0 fully saturated rings. The fraction of sp³-hybridized carbons (Fsp3) is 0.211. The van der Waals surface area contributed by atoms with E-state index in [1.807, 2.05) is 13.0 Å². The molecule has 8 heteroatoms. The van der Waals surface area contributed by atoms with Crippen molar-refractivity contribution in [1.29, 1.82) is 5.26 Å². The van der Waals surface area contributed by atoms with Gasteiger partial charge in [-0.05, 0) is 43.3 Å². The predicted octanol–water partition coefficient (Wildman–Crippen LogP) is 1.56. The summed E-state index contributed by atoms with van der Waals surface area (Å²) in [5, 5.41) is 8.95. The van der Waals surface area contributed by atoms with Gasteiger partial charge >= 0.3 is 0 Å². The highest BCUT2D eigenvalue weighted by Crippen LogP contribution is 2.17. The maximum atomic E-state index is 11.7. The Labute approximate surface area is 156 Å². The number of benzene rings is 2. The number of nitrogens with zero attached hydrogens (tertiary/aromatic N) is 1. The van der Waals surface area contributed by atoms with E-state index >= 15 is 0 Å². The van der Waals surface area contributed by atoms with E-state index in [2.05, 4.69) is 10.9 Å². The summed E-state index contributed by atoms with van der Waals surface area (Å²) in [7, 11) is 0. The van der Waals surface area contributed by atoms with Crippen LogP contribution in [0.1, 0.15) is 12.5 Å². The number of hydrogen-bond donors (Lipinski definition) is 2. The summed E-state index contributed by atoms with van der Waals surface area (Å²) in [6.45, 7) is 1.83. The zero-order chi connectivity index (χ0) is 19.5. The molecule has 2 amide bonds. The average Bonchev–Trinajstić information content (AvgIpc) is 2.70. The lowest BCUT2D eigenvalue weighted by atomic mass is 10.2. The Morgan fingerprint density at radius 1 is 0.889 bits per heavy atom. The van der Waals surface area contributed by atoms with Crippen LogP contribution in [-0.4, -0.2) is 31.6 Å². The number of ether oxygens (including phenoxy) is 3. The Hall–Kier alpha value is -3.73. The van der Waals surface area contributed by atoms with E-state index in [-0.39, 0.29) is 13.2 Å². The van der Waals surface area contributed by atoms with Crippen molar-refractivity contribution in [3.05, 3.63) is 54.1 Å². The van der Waals surface area contributed by atoms with E-state index in [0.717, 1.165) is 0 Å². The summed E-state index contributed by atoms with van der Waals surface area (Å²) in [6, 6.07) is 15.3. The summed E-state index contributed by atoms with van der Waals surface area (Å²) in [5.74, 6) is 0.392. The van der Waals surface area contributed by atoms with Crippen molar-refractivity contribution in [2.45, 2.75) is 6.92 Å². The molecule has 0 saturated heterocycles. The Bertz CT molecular complexity index is 815. The Balaban J connectivity index is 1.68. The third-order valence-corrected chi connectivity index (χ3v) is 3.21. The summed E-state index contributed by atoms with van der Waals surface area (Å²) >= 11 is 0. The second-order valence-corrected chi connectivity index (χ2v) is 5.19. The molecule has 2 N–H and O–H groups in total. The molecule has 0 aliphatic heterocycles. The van der Waals surface area contributed by atoms with Crippen LogP contribution in [0.15, 0.2) is 48.5 Å². The number of rotatable bonds is 8. The number of amides is 2. The summed E-state index contributed by atoms with van der Waals surface area (Å²) < 4.78 is 15.9. The van der Waals surface area contributed by atoms with Gasteiger partial charge in [0.25, 0.3) is 11.8 Å². The molecular weight excluding hydrogens is 350 g/mol. The lowest BCUT2D eigenvalue weighted by molar-refractivity contribution is -0.131. The second kappa shape index (κ2) is 10.3. The molecule has 0 unspecified atom stereocenters. The average molecular weight is 369 g/mol. The van der Waals surface area contributed by atoms with Gasteiger partial charge in [-0.15, -0.1) is 0 Å². The third-order valence-electron chi connectivity index (χ3n) is 3.21. The minimum Gasteiger partial charge on any atom is -0.494 e. The van der Waals surface area contributed by atoms with Crippen LogP contribution in [0.2, 0.25) is 0 Å². The predicted molar refractivity (Wildman–Crippen MR) is 96.0 cm³/mol. The van der Waals surface area contributed by atoms with Crippen molar-refractivity contribution in [1.82, 2.24) is 10.9 Å². The smallest absolute Gasteiger partial charge is 0.276 e. The second-order valence-electron chi connectivity index (χ2n) is 5.19. The molecule has 2 aromatic carbocycles. The first-order valence-electron chi connectivity index (χ1n) is 8.17. The van der Waals surface area contributed by atoms with E-state index in [0.29, 0.717) is 29.4 Å². The van der Waals surface area contributed by atoms with Crippen LogP contribution in [0.3, 0.4) is 0 Å². The van der Waals surface area contributed by atoms with Crippen LogP contribution in [0.25, 0.3) is 0 Å². The van der Waals surface area contributed by atoms with Gasteiger partial charge in [-0.3, -0.25) is 20.4 Å². The van der Waals surface area contributed by atoms with Crippen molar-refractivity contribution < 1.29 is 23.8 Å². The summed E-state index contributed by atoms with van der Waals surface area (Å²) in [5.41, 5.74) is 4.74. The molecule has 0 atom stereocenters. The van der Waals surface area contributed by atoms with Gasteiger partial charge in [-0.1, -0.05) is 12.1 Å². The molecule has 0 spiro atoms. The highest BCUT2D eigenvalue weighted by Gasteiger charge is 2.08. The Morgan fingerprint density at radius 2 is 1.44 bits per heavy atom. The summed E-state index contributed by atoms with van der Waals surface area (Å²) in [4.78, 5) is 23.4. The SMILES string of the molecule is CCOc1ccc(OCC(=O)NNC(=O)COc2ccccc2C#N)cc1. The van der Waals surface area contributed by atoms with Crippen LogP contribution in [0.4, 0.5) is 0 Å².